The highest BCUT2D eigenvalue weighted by atomic mass is 16.5. The van der Waals surface area contributed by atoms with Crippen LogP contribution in [0.5, 0.6) is 5.75 Å². The third-order valence-corrected chi connectivity index (χ3v) is 7.63. The molecule has 3 N–H and O–H groups in total. The Bertz CT molecular complexity index is 1390. The summed E-state index contributed by atoms with van der Waals surface area (Å²) in [5.41, 5.74) is 6.51. The Morgan fingerprint density at radius 3 is 2.75 bits per heavy atom. The number of ether oxygens (including phenoxy) is 1. The van der Waals surface area contributed by atoms with Crippen LogP contribution in [0.3, 0.4) is 0 Å². The van der Waals surface area contributed by atoms with E-state index in [-0.39, 0.29) is 11.4 Å². The molecule has 1 saturated carbocycles. The first-order valence-corrected chi connectivity index (χ1v) is 12.8. The minimum atomic E-state index is -0.127. The molecular formula is C28H36N6O2. The molecule has 8 heteroatoms. The molecule has 4 aromatic rings. The maximum absolute atomic E-state index is 12.1. The zero-order valence-corrected chi connectivity index (χ0v) is 21.8. The number of amides is 1. The highest BCUT2D eigenvalue weighted by Crippen LogP contribution is 2.42. The highest BCUT2D eigenvalue weighted by molar-refractivity contribution is 5.92. The summed E-state index contributed by atoms with van der Waals surface area (Å²) < 4.78 is 7.38. The smallest absolute Gasteiger partial charge is 0.234 e. The molecule has 190 valence electrons. The van der Waals surface area contributed by atoms with Crippen LogP contribution < -0.4 is 15.4 Å². The molecule has 36 heavy (non-hydrogen) atoms. The number of carbonyl (C=O) groups is 1. The van der Waals surface area contributed by atoms with Crippen LogP contribution in [0.15, 0.2) is 36.8 Å². The summed E-state index contributed by atoms with van der Waals surface area (Å²) in [5.74, 6) is 1.60. The van der Waals surface area contributed by atoms with Crippen molar-refractivity contribution in [3.05, 3.63) is 47.9 Å². The summed E-state index contributed by atoms with van der Waals surface area (Å²) in [6, 6.07) is 8.89. The number of hydrogen-bond donors (Lipinski definition) is 3. The number of benzene rings is 1. The Kier molecular flexibility index (Phi) is 6.47. The first kappa shape index (κ1) is 24.3. The molecule has 0 radical (unpaired) electrons. The highest BCUT2D eigenvalue weighted by Gasteiger charge is 2.33. The average Bonchev–Trinajstić information content (AvgIpc) is 3.48. The number of pyridine rings is 1. The molecule has 3 aromatic heterocycles. The van der Waals surface area contributed by atoms with E-state index in [4.69, 9.17) is 4.74 Å². The Labute approximate surface area is 211 Å². The third-order valence-electron chi connectivity index (χ3n) is 7.63. The van der Waals surface area contributed by atoms with Crippen LogP contribution in [0.25, 0.3) is 27.8 Å². The van der Waals surface area contributed by atoms with E-state index in [0.29, 0.717) is 29.8 Å². The van der Waals surface area contributed by atoms with Crippen molar-refractivity contribution in [2.45, 2.75) is 63.8 Å². The minimum absolute atomic E-state index is 0.0713. The number of H-pyrrole nitrogens is 1. The predicted octanol–water partition coefficient (Wildman–Crippen LogP) is 4.76. The van der Waals surface area contributed by atoms with Gasteiger partial charge in [-0.05, 0) is 80.8 Å². The van der Waals surface area contributed by atoms with Gasteiger partial charge < -0.3 is 20.4 Å². The number of hydrogen-bond acceptors (Lipinski definition) is 5. The van der Waals surface area contributed by atoms with Gasteiger partial charge in [-0.25, -0.2) is 9.50 Å². The van der Waals surface area contributed by atoms with Crippen molar-refractivity contribution in [1.29, 1.82) is 0 Å². The van der Waals surface area contributed by atoms with Gasteiger partial charge in [0.25, 0.3) is 0 Å². The zero-order chi connectivity index (χ0) is 25.4. The molecule has 1 aliphatic rings. The van der Waals surface area contributed by atoms with Crippen LogP contribution in [0.2, 0.25) is 0 Å². The Morgan fingerprint density at radius 1 is 1.28 bits per heavy atom. The second-order valence-electron chi connectivity index (χ2n) is 10.6. The quantitative estimate of drug-likeness (QED) is 0.349. The fraction of sp³-hybridized carbons (Fsp3) is 0.464. The standard InChI is InChI=1S/C28H36N6O2/c1-17(2)25-21-12-19(18-8-10-28(3,11-9-18)33-24(35)14-29-4)6-7-22(21)32-26(25)20-13-23(36-5)27-30-16-31-34(27)15-20/h6-7,12-13,15-18,29,32H,8-11,14H2,1-5H3,(H,33,35). The van der Waals surface area contributed by atoms with Crippen molar-refractivity contribution in [2.75, 3.05) is 20.7 Å². The van der Waals surface area contributed by atoms with Gasteiger partial charge in [-0.1, -0.05) is 19.9 Å². The lowest BCUT2D eigenvalue weighted by molar-refractivity contribution is -0.122. The second-order valence-corrected chi connectivity index (χ2v) is 10.6. The number of nitrogens with one attached hydrogen (secondary N) is 3. The molecule has 3 heterocycles. The number of aromatic nitrogens is 4. The van der Waals surface area contributed by atoms with Gasteiger partial charge in [0.2, 0.25) is 5.91 Å². The van der Waals surface area contributed by atoms with Gasteiger partial charge in [0.05, 0.1) is 19.3 Å². The summed E-state index contributed by atoms with van der Waals surface area (Å²) in [7, 11) is 3.46. The molecule has 1 aromatic carbocycles. The fourth-order valence-corrected chi connectivity index (χ4v) is 5.75. The minimum Gasteiger partial charge on any atom is -0.493 e. The van der Waals surface area contributed by atoms with Crippen LogP contribution >= 0.6 is 0 Å². The monoisotopic (exact) mass is 488 g/mol. The molecule has 1 aliphatic carbocycles. The van der Waals surface area contributed by atoms with E-state index in [1.165, 1.54) is 16.5 Å². The van der Waals surface area contributed by atoms with Crippen LogP contribution in [0.1, 0.15) is 69.4 Å². The summed E-state index contributed by atoms with van der Waals surface area (Å²) >= 11 is 0. The van der Waals surface area contributed by atoms with Gasteiger partial charge in [-0.3, -0.25) is 4.79 Å². The lowest BCUT2D eigenvalue weighted by Crippen LogP contribution is -2.50. The van der Waals surface area contributed by atoms with Gasteiger partial charge in [0.15, 0.2) is 11.4 Å². The topological polar surface area (TPSA) is 96.3 Å². The van der Waals surface area contributed by atoms with Gasteiger partial charge in [0.1, 0.15) is 6.33 Å². The van der Waals surface area contributed by atoms with Crippen molar-refractivity contribution in [2.24, 2.45) is 0 Å². The number of rotatable bonds is 7. The van der Waals surface area contributed by atoms with E-state index in [0.717, 1.165) is 42.5 Å². The summed E-state index contributed by atoms with van der Waals surface area (Å²) in [6.45, 7) is 7.02. The summed E-state index contributed by atoms with van der Waals surface area (Å²) in [4.78, 5) is 20.1. The van der Waals surface area contributed by atoms with Gasteiger partial charge in [-0.15, -0.1) is 0 Å². The Hall–Kier alpha value is -3.39. The number of likely N-dealkylation sites (N-methyl/N-ethyl adjacent to an activating group) is 1. The second kappa shape index (κ2) is 9.58. The number of aromatic amines is 1. The molecule has 0 bridgehead atoms. The molecule has 5 rings (SSSR count). The van der Waals surface area contributed by atoms with Crippen molar-refractivity contribution in [3.8, 4) is 17.0 Å². The number of methoxy groups -OCH3 is 1. The predicted molar refractivity (Wildman–Crippen MR) is 143 cm³/mol. The van der Waals surface area contributed by atoms with Crippen molar-refractivity contribution < 1.29 is 9.53 Å². The lowest BCUT2D eigenvalue weighted by Gasteiger charge is -2.38. The number of carbonyl (C=O) groups excluding carboxylic acids is 1. The van der Waals surface area contributed by atoms with E-state index < -0.39 is 0 Å². The van der Waals surface area contributed by atoms with Crippen LogP contribution in [0, 0.1) is 0 Å². The first-order valence-electron chi connectivity index (χ1n) is 12.8. The fourth-order valence-electron chi connectivity index (χ4n) is 5.75. The first-order chi connectivity index (χ1) is 17.3. The van der Waals surface area contributed by atoms with Crippen molar-refractivity contribution in [1.82, 2.24) is 30.2 Å². The van der Waals surface area contributed by atoms with Crippen LogP contribution in [-0.2, 0) is 4.79 Å². The molecule has 0 aliphatic heterocycles. The van der Waals surface area contributed by atoms with E-state index in [1.807, 2.05) is 12.3 Å². The maximum Gasteiger partial charge on any atom is 0.234 e. The molecule has 1 amide bonds. The Morgan fingerprint density at radius 2 is 2.06 bits per heavy atom. The molecular weight excluding hydrogens is 452 g/mol. The lowest BCUT2D eigenvalue weighted by atomic mass is 9.75. The van der Waals surface area contributed by atoms with Gasteiger partial charge in [-0.2, -0.15) is 5.10 Å². The van der Waals surface area contributed by atoms with Gasteiger partial charge >= 0.3 is 0 Å². The molecule has 0 spiro atoms. The van der Waals surface area contributed by atoms with E-state index in [2.05, 4.69) is 64.7 Å². The van der Waals surface area contributed by atoms with Gasteiger partial charge in [0, 0.05) is 28.2 Å². The molecule has 1 fully saturated rings. The summed E-state index contributed by atoms with van der Waals surface area (Å²) in [6.07, 6.45) is 7.65. The normalized spacial score (nSPS) is 20.3. The number of nitrogens with zero attached hydrogens (tertiary/aromatic N) is 3. The molecule has 0 unspecified atom stereocenters. The maximum atomic E-state index is 12.1. The van der Waals surface area contributed by atoms with E-state index in [9.17, 15) is 4.79 Å². The SMILES string of the molecule is CNCC(=O)NC1(C)CCC(c2ccc3[nH]c(-c4cc(OC)c5ncnn5c4)c(C(C)C)c3c2)CC1. The Balaban J connectivity index is 1.47. The molecule has 0 atom stereocenters. The van der Waals surface area contributed by atoms with Crippen molar-refractivity contribution in [3.63, 3.8) is 0 Å². The molecule has 0 saturated heterocycles. The molecule has 8 nitrogen and oxygen atoms in total. The van der Waals surface area contributed by atoms with Crippen molar-refractivity contribution >= 4 is 22.5 Å². The zero-order valence-electron chi connectivity index (χ0n) is 21.8. The van der Waals surface area contributed by atoms with Crippen LogP contribution in [0.4, 0.5) is 0 Å². The van der Waals surface area contributed by atoms with E-state index >= 15 is 0 Å². The largest absolute Gasteiger partial charge is 0.493 e. The number of fused-ring (bicyclic) bond motifs is 2. The average molecular weight is 489 g/mol. The van der Waals surface area contributed by atoms with E-state index in [1.54, 1.807) is 25.0 Å². The van der Waals surface area contributed by atoms with Crippen LogP contribution in [-0.4, -0.2) is 51.7 Å². The summed E-state index contributed by atoms with van der Waals surface area (Å²) in [5, 5.41) is 11.8. The third kappa shape index (κ3) is 4.46.